The Morgan fingerprint density at radius 2 is 2.07 bits per heavy atom. The van der Waals surface area contributed by atoms with Gasteiger partial charge in [0.2, 0.25) is 0 Å². The van der Waals surface area contributed by atoms with Gasteiger partial charge in [-0.25, -0.2) is 0 Å². The molecule has 0 aromatic heterocycles. The van der Waals surface area contributed by atoms with Crippen LogP contribution >= 0.6 is 22.6 Å². The van der Waals surface area contributed by atoms with Gasteiger partial charge in [0.1, 0.15) is 5.72 Å². The van der Waals surface area contributed by atoms with Crippen LogP contribution in [0.25, 0.3) is 0 Å². The molecule has 0 spiro atoms. The van der Waals surface area contributed by atoms with E-state index in [9.17, 15) is 5.11 Å². The lowest BCUT2D eigenvalue weighted by Crippen LogP contribution is -2.27. The van der Waals surface area contributed by atoms with Crippen LogP contribution in [0.4, 0.5) is 0 Å². The van der Waals surface area contributed by atoms with Crippen LogP contribution < -0.4 is 5.32 Å². The third kappa shape index (κ3) is 2.90. The zero-order chi connectivity index (χ0) is 10.9. The first-order chi connectivity index (χ1) is 7.11. The highest BCUT2D eigenvalue weighted by atomic mass is 127. The first-order valence-corrected chi connectivity index (χ1v) is 6.15. The predicted molar refractivity (Wildman–Crippen MR) is 66.7 cm³/mol. The van der Waals surface area contributed by atoms with Crippen molar-refractivity contribution in [2.75, 3.05) is 6.54 Å². The number of aliphatic hydroxyl groups excluding tert-OH is 1. The van der Waals surface area contributed by atoms with Crippen molar-refractivity contribution < 1.29 is 9.84 Å². The molecule has 1 aromatic rings. The van der Waals surface area contributed by atoms with E-state index >= 15 is 0 Å². The summed E-state index contributed by atoms with van der Waals surface area (Å²) >= 11 is 2.20. The van der Waals surface area contributed by atoms with Gasteiger partial charge in [-0.05, 0) is 12.5 Å². The van der Waals surface area contributed by atoms with E-state index in [1.54, 1.807) is 0 Å². The number of halogens is 1. The molecule has 2 rings (SSSR count). The Hall–Kier alpha value is -0.170. The number of benzene rings is 1. The minimum absolute atomic E-state index is 0.0389. The summed E-state index contributed by atoms with van der Waals surface area (Å²) in [4.78, 5) is 0. The molecule has 0 radical (unpaired) electrons. The molecule has 3 unspecified atom stereocenters. The van der Waals surface area contributed by atoms with Crippen LogP contribution in [0.15, 0.2) is 30.3 Å². The number of hydrogen-bond acceptors (Lipinski definition) is 3. The lowest BCUT2D eigenvalue weighted by atomic mass is 10.1. The van der Waals surface area contributed by atoms with Crippen LogP contribution in [-0.2, 0) is 4.74 Å². The highest BCUT2D eigenvalue weighted by Crippen LogP contribution is 2.31. The molecule has 0 aliphatic carbocycles. The summed E-state index contributed by atoms with van der Waals surface area (Å²) in [6.45, 7) is 2.74. The topological polar surface area (TPSA) is 51.4 Å². The van der Waals surface area contributed by atoms with E-state index < -0.39 is 6.29 Å². The largest absolute Gasteiger partial charge is 0.367 e. The SMILES string of the molecule is CC1(OC(O)C(I)c2ccccc2)CN1. The molecule has 0 saturated carbocycles. The zero-order valence-electron chi connectivity index (χ0n) is 8.48. The molecule has 82 valence electrons. The third-order valence-electron chi connectivity index (χ3n) is 2.42. The van der Waals surface area contributed by atoms with Crippen LogP contribution in [-0.4, -0.2) is 23.7 Å². The van der Waals surface area contributed by atoms with Gasteiger partial charge in [0.05, 0.1) is 3.92 Å². The summed E-state index contributed by atoms with van der Waals surface area (Å²) in [7, 11) is 0. The predicted octanol–water partition coefficient (Wildman–Crippen LogP) is 1.82. The van der Waals surface area contributed by atoms with Crippen LogP contribution in [0.1, 0.15) is 16.4 Å². The van der Waals surface area contributed by atoms with Gasteiger partial charge in [0.15, 0.2) is 6.29 Å². The Bertz CT molecular complexity index is 327. The van der Waals surface area contributed by atoms with Crippen molar-refractivity contribution in [3.05, 3.63) is 35.9 Å². The van der Waals surface area contributed by atoms with Crippen molar-refractivity contribution in [1.29, 1.82) is 0 Å². The molecular weight excluding hydrogens is 305 g/mol. The number of aliphatic hydroxyl groups is 1. The molecule has 1 aromatic carbocycles. The first-order valence-electron chi connectivity index (χ1n) is 4.91. The second-order valence-corrected chi connectivity index (χ2v) is 5.25. The van der Waals surface area contributed by atoms with Crippen LogP contribution in [0.3, 0.4) is 0 Å². The standard InChI is InChI=1S/C11H14INO2/c1-11(7-13-11)15-10(14)9(12)8-5-3-2-4-6-8/h2-6,9-10,13-14H,7H2,1H3. The third-order valence-corrected chi connectivity index (χ3v) is 3.76. The van der Waals surface area contributed by atoms with Gasteiger partial charge in [-0.15, -0.1) is 0 Å². The zero-order valence-corrected chi connectivity index (χ0v) is 10.6. The van der Waals surface area contributed by atoms with Crippen molar-refractivity contribution in [2.45, 2.75) is 22.9 Å². The average Bonchev–Trinajstić information content (AvgIpc) is 2.96. The molecule has 4 heteroatoms. The summed E-state index contributed by atoms with van der Waals surface area (Å²) in [5.74, 6) is 0. The molecule has 1 aliphatic heterocycles. The Morgan fingerprint density at radius 1 is 1.47 bits per heavy atom. The molecule has 1 aliphatic rings. The summed E-state index contributed by atoms with van der Waals surface area (Å²) in [5, 5.41) is 12.9. The van der Waals surface area contributed by atoms with E-state index in [0.29, 0.717) is 0 Å². The Morgan fingerprint density at radius 3 is 2.60 bits per heavy atom. The quantitative estimate of drug-likeness (QED) is 0.385. The molecule has 0 amide bonds. The van der Waals surface area contributed by atoms with Crippen molar-refractivity contribution in [2.24, 2.45) is 0 Å². The monoisotopic (exact) mass is 319 g/mol. The van der Waals surface area contributed by atoms with E-state index in [1.807, 2.05) is 37.3 Å². The number of ether oxygens (including phenoxy) is 1. The molecule has 3 nitrogen and oxygen atoms in total. The number of alkyl halides is 1. The fourth-order valence-corrected chi connectivity index (χ4v) is 1.90. The second-order valence-electron chi connectivity index (χ2n) is 3.91. The Kier molecular flexibility index (Phi) is 3.30. The lowest BCUT2D eigenvalue weighted by molar-refractivity contribution is -0.140. The molecular formula is C11H14INO2. The van der Waals surface area contributed by atoms with E-state index in [1.165, 1.54) is 0 Å². The maximum Gasteiger partial charge on any atom is 0.172 e. The maximum absolute atomic E-state index is 9.88. The maximum atomic E-state index is 9.88. The van der Waals surface area contributed by atoms with E-state index in [2.05, 4.69) is 27.9 Å². The Balaban J connectivity index is 1.98. The van der Waals surface area contributed by atoms with Crippen molar-refractivity contribution in [3.63, 3.8) is 0 Å². The molecule has 2 N–H and O–H groups in total. The van der Waals surface area contributed by atoms with Gasteiger partial charge in [-0.3, -0.25) is 5.32 Å². The van der Waals surface area contributed by atoms with Crippen molar-refractivity contribution in [1.82, 2.24) is 5.32 Å². The van der Waals surface area contributed by atoms with Crippen molar-refractivity contribution >= 4 is 22.6 Å². The number of rotatable bonds is 4. The lowest BCUT2D eigenvalue weighted by Gasteiger charge is -2.21. The molecule has 3 atom stereocenters. The highest BCUT2D eigenvalue weighted by Gasteiger charge is 2.41. The smallest absolute Gasteiger partial charge is 0.172 e. The van der Waals surface area contributed by atoms with Gasteiger partial charge in [0, 0.05) is 6.54 Å². The minimum Gasteiger partial charge on any atom is -0.367 e. The summed E-state index contributed by atoms with van der Waals surface area (Å²) < 4.78 is 5.46. The fourth-order valence-electron chi connectivity index (χ4n) is 1.34. The van der Waals surface area contributed by atoms with Crippen LogP contribution in [0.5, 0.6) is 0 Å². The molecule has 15 heavy (non-hydrogen) atoms. The van der Waals surface area contributed by atoms with E-state index in [0.717, 1.165) is 12.1 Å². The Labute approximate surface area is 103 Å². The number of hydrogen-bond donors (Lipinski definition) is 2. The summed E-state index contributed by atoms with van der Waals surface area (Å²) in [6, 6.07) is 9.87. The highest BCUT2D eigenvalue weighted by molar-refractivity contribution is 14.1. The van der Waals surface area contributed by atoms with Gasteiger partial charge in [-0.2, -0.15) is 0 Å². The molecule has 1 fully saturated rings. The summed E-state index contributed by atoms with van der Waals surface area (Å²) in [6.07, 6.45) is -0.770. The first kappa shape index (κ1) is 11.3. The fraction of sp³-hybridized carbons (Fsp3) is 0.455. The number of nitrogens with one attached hydrogen (secondary N) is 1. The van der Waals surface area contributed by atoms with Gasteiger partial charge >= 0.3 is 0 Å². The van der Waals surface area contributed by atoms with Crippen LogP contribution in [0, 0.1) is 0 Å². The van der Waals surface area contributed by atoms with Gasteiger partial charge < -0.3 is 9.84 Å². The molecule has 1 saturated heterocycles. The van der Waals surface area contributed by atoms with Crippen molar-refractivity contribution in [3.8, 4) is 0 Å². The van der Waals surface area contributed by atoms with E-state index in [4.69, 9.17) is 4.74 Å². The summed E-state index contributed by atoms with van der Waals surface area (Å²) in [5.41, 5.74) is 0.757. The second kappa shape index (κ2) is 4.37. The average molecular weight is 319 g/mol. The normalized spacial score (nSPS) is 28.5. The van der Waals surface area contributed by atoms with Crippen LogP contribution in [0.2, 0.25) is 0 Å². The van der Waals surface area contributed by atoms with Gasteiger partial charge in [0.25, 0.3) is 0 Å². The van der Waals surface area contributed by atoms with E-state index in [-0.39, 0.29) is 9.65 Å². The molecule has 1 heterocycles. The minimum atomic E-state index is -0.770. The van der Waals surface area contributed by atoms with Gasteiger partial charge in [-0.1, -0.05) is 52.9 Å². The molecule has 0 bridgehead atoms.